The lowest BCUT2D eigenvalue weighted by atomic mass is 9.85. The lowest BCUT2D eigenvalue weighted by Crippen LogP contribution is -2.33. The third kappa shape index (κ3) is 5.19. The summed E-state index contributed by atoms with van der Waals surface area (Å²) in [4.78, 5) is 13.6. The van der Waals surface area contributed by atoms with Crippen LogP contribution in [0.25, 0.3) is 0 Å². The van der Waals surface area contributed by atoms with Crippen molar-refractivity contribution in [2.75, 3.05) is 26.3 Å². The fourth-order valence-corrected chi connectivity index (χ4v) is 2.58. The zero-order chi connectivity index (χ0) is 14.1. The van der Waals surface area contributed by atoms with Gasteiger partial charge in [0.05, 0.1) is 0 Å². The summed E-state index contributed by atoms with van der Waals surface area (Å²) >= 11 is 0. The fourth-order valence-electron chi connectivity index (χ4n) is 2.58. The minimum atomic E-state index is 0.0909. The van der Waals surface area contributed by atoms with Gasteiger partial charge in [0.15, 0.2) is 0 Å². The van der Waals surface area contributed by atoms with Crippen LogP contribution in [0.1, 0.15) is 39.5 Å². The normalized spacial score (nSPS) is 18.8. The zero-order valence-electron chi connectivity index (χ0n) is 12.4. The number of rotatable bonds is 8. The maximum Gasteiger partial charge on any atom is 0.248 e. The molecule has 1 amide bonds. The second-order valence-corrected chi connectivity index (χ2v) is 4.94. The van der Waals surface area contributed by atoms with Gasteiger partial charge in [0.2, 0.25) is 5.91 Å². The standard InChI is InChI=1S/C16H27NO2/c1-4-14-9-7-8-10-15(14)11-12-19-13-16(18)17(5-2)6-3/h4,9,15H,1,5-8,10-13H2,2-3H3. The molecule has 1 rings (SSSR count). The van der Waals surface area contributed by atoms with E-state index in [1.807, 2.05) is 19.9 Å². The monoisotopic (exact) mass is 265 g/mol. The van der Waals surface area contributed by atoms with Crippen LogP contribution in [-0.4, -0.2) is 37.1 Å². The molecule has 0 N–H and O–H groups in total. The number of ether oxygens (including phenoxy) is 1. The van der Waals surface area contributed by atoms with E-state index in [9.17, 15) is 4.79 Å². The van der Waals surface area contributed by atoms with Crippen molar-refractivity contribution in [3.63, 3.8) is 0 Å². The van der Waals surface area contributed by atoms with E-state index in [4.69, 9.17) is 4.74 Å². The summed E-state index contributed by atoms with van der Waals surface area (Å²) in [5.74, 6) is 0.655. The summed E-state index contributed by atoms with van der Waals surface area (Å²) in [5, 5.41) is 0. The van der Waals surface area contributed by atoms with Crippen molar-refractivity contribution < 1.29 is 9.53 Å². The van der Waals surface area contributed by atoms with E-state index >= 15 is 0 Å². The summed E-state index contributed by atoms with van der Waals surface area (Å²) in [7, 11) is 0. The molecule has 0 aromatic heterocycles. The van der Waals surface area contributed by atoms with Gasteiger partial charge in [-0.2, -0.15) is 0 Å². The average Bonchev–Trinajstić information content (AvgIpc) is 2.45. The number of carbonyl (C=O) groups is 1. The predicted molar refractivity (Wildman–Crippen MR) is 79.0 cm³/mol. The lowest BCUT2D eigenvalue weighted by molar-refractivity contribution is -0.135. The maximum atomic E-state index is 11.8. The second kappa shape index (κ2) is 8.92. The van der Waals surface area contributed by atoms with Crippen LogP contribution in [0.4, 0.5) is 0 Å². The molecule has 1 aliphatic rings. The number of likely N-dealkylation sites (N-methyl/N-ethyl adjacent to an activating group) is 1. The van der Waals surface area contributed by atoms with Crippen molar-refractivity contribution in [2.45, 2.75) is 39.5 Å². The molecule has 19 heavy (non-hydrogen) atoms. The molecule has 3 heteroatoms. The molecule has 0 aromatic rings. The van der Waals surface area contributed by atoms with Crippen molar-refractivity contribution in [3.05, 3.63) is 24.3 Å². The number of hydrogen-bond donors (Lipinski definition) is 0. The van der Waals surface area contributed by atoms with Crippen LogP contribution < -0.4 is 0 Å². The first kappa shape index (κ1) is 16.0. The number of carbonyl (C=O) groups excluding carboxylic acids is 1. The van der Waals surface area contributed by atoms with Gasteiger partial charge < -0.3 is 9.64 Å². The molecule has 1 atom stereocenters. The highest BCUT2D eigenvalue weighted by atomic mass is 16.5. The predicted octanol–water partition coefficient (Wildman–Crippen LogP) is 3.17. The van der Waals surface area contributed by atoms with Gasteiger partial charge in [-0.1, -0.05) is 18.7 Å². The molecule has 1 unspecified atom stereocenters. The van der Waals surface area contributed by atoms with E-state index < -0.39 is 0 Å². The van der Waals surface area contributed by atoms with Crippen molar-refractivity contribution in [3.8, 4) is 0 Å². The van der Waals surface area contributed by atoms with E-state index in [-0.39, 0.29) is 12.5 Å². The molecular weight excluding hydrogens is 238 g/mol. The topological polar surface area (TPSA) is 29.5 Å². The van der Waals surface area contributed by atoms with Gasteiger partial charge in [0, 0.05) is 19.7 Å². The molecule has 0 saturated carbocycles. The zero-order valence-corrected chi connectivity index (χ0v) is 12.4. The largest absolute Gasteiger partial charge is 0.372 e. The van der Waals surface area contributed by atoms with Crippen molar-refractivity contribution in [1.29, 1.82) is 0 Å². The van der Waals surface area contributed by atoms with Crippen LogP contribution in [0.2, 0.25) is 0 Å². The van der Waals surface area contributed by atoms with E-state index in [1.54, 1.807) is 4.90 Å². The average molecular weight is 265 g/mol. The molecule has 0 radical (unpaired) electrons. The van der Waals surface area contributed by atoms with E-state index in [1.165, 1.54) is 24.8 Å². The molecular formula is C16H27NO2. The Hall–Kier alpha value is -1.09. The summed E-state index contributed by atoms with van der Waals surface area (Å²) < 4.78 is 5.52. The first-order chi connectivity index (χ1) is 9.22. The number of hydrogen-bond acceptors (Lipinski definition) is 2. The SMILES string of the molecule is C=CC1=CCCCC1CCOCC(=O)N(CC)CC. The van der Waals surface area contributed by atoms with Crippen LogP contribution in [-0.2, 0) is 9.53 Å². The van der Waals surface area contributed by atoms with Gasteiger partial charge >= 0.3 is 0 Å². The highest BCUT2D eigenvalue weighted by Gasteiger charge is 2.16. The summed E-state index contributed by atoms with van der Waals surface area (Å²) in [6, 6.07) is 0. The molecule has 0 spiro atoms. The first-order valence-electron chi connectivity index (χ1n) is 7.40. The summed E-state index contributed by atoms with van der Waals surface area (Å²) in [6.07, 6.45) is 8.86. The lowest BCUT2D eigenvalue weighted by Gasteiger charge is -2.22. The number of nitrogens with zero attached hydrogens (tertiary/aromatic N) is 1. The molecule has 0 aromatic carbocycles. The molecule has 0 bridgehead atoms. The summed E-state index contributed by atoms with van der Waals surface area (Å²) in [5.41, 5.74) is 1.35. The van der Waals surface area contributed by atoms with Crippen LogP contribution >= 0.6 is 0 Å². The molecule has 1 aliphatic carbocycles. The highest BCUT2D eigenvalue weighted by molar-refractivity contribution is 5.77. The van der Waals surface area contributed by atoms with Gasteiger partial charge in [-0.25, -0.2) is 0 Å². The Morgan fingerprint density at radius 1 is 1.53 bits per heavy atom. The minimum absolute atomic E-state index is 0.0909. The molecule has 108 valence electrons. The van der Waals surface area contributed by atoms with Gasteiger partial charge in [0.1, 0.15) is 6.61 Å². The van der Waals surface area contributed by atoms with Crippen LogP contribution in [0.3, 0.4) is 0 Å². The van der Waals surface area contributed by atoms with E-state index in [0.717, 1.165) is 19.5 Å². The van der Waals surface area contributed by atoms with Gasteiger partial charge in [-0.15, -0.1) is 0 Å². The number of amides is 1. The quantitative estimate of drug-likeness (QED) is 0.631. The van der Waals surface area contributed by atoms with E-state index in [0.29, 0.717) is 12.5 Å². The Morgan fingerprint density at radius 3 is 2.89 bits per heavy atom. The highest BCUT2D eigenvalue weighted by Crippen LogP contribution is 2.28. The van der Waals surface area contributed by atoms with Crippen LogP contribution in [0.15, 0.2) is 24.3 Å². The molecule has 0 saturated heterocycles. The molecule has 0 aliphatic heterocycles. The van der Waals surface area contributed by atoms with Gasteiger partial charge in [-0.05, 0) is 51.0 Å². The Bertz CT molecular complexity index is 319. The minimum Gasteiger partial charge on any atom is -0.372 e. The molecule has 3 nitrogen and oxygen atoms in total. The Kier molecular flexibility index (Phi) is 7.49. The smallest absolute Gasteiger partial charge is 0.248 e. The van der Waals surface area contributed by atoms with Gasteiger partial charge in [0.25, 0.3) is 0 Å². The van der Waals surface area contributed by atoms with Crippen LogP contribution in [0.5, 0.6) is 0 Å². The maximum absolute atomic E-state index is 11.8. The van der Waals surface area contributed by atoms with Crippen molar-refractivity contribution in [1.82, 2.24) is 4.90 Å². The number of allylic oxidation sites excluding steroid dienone is 3. The van der Waals surface area contributed by atoms with Gasteiger partial charge in [-0.3, -0.25) is 4.79 Å². The molecule has 0 fully saturated rings. The van der Waals surface area contributed by atoms with Crippen molar-refractivity contribution in [2.24, 2.45) is 5.92 Å². The Balaban J connectivity index is 2.23. The summed E-state index contributed by atoms with van der Waals surface area (Å²) in [6.45, 7) is 10.2. The Labute approximate surface area is 117 Å². The third-order valence-corrected chi connectivity index (χ3v) is 3.80. The second-order valence-electron chi connectivity index (χ2n) is 4.94. The first-order valence-corrected chi connectivity index (χ1v) is 7.40. The van der Waals surface area contributed by atoms with Crippen molar-refractivity contribution >= 4 is 5.91 Å². The van der Waals surface area contributed by atoms with Crippen LogP contribution in [0, 0.1) is 5.92 Å². The fraction of sp³-hybridized carbons (Fsp3) is 0.688. The van der Waals surface area contributed by atoms with E-state index in [2.05, 4.69) is 12.7 Å². The Morgan fingerprint density at radius 2 is 2.26 bits per heavy atom. The third-order valence-electron chi connectivity index (χ3n) is 3.80. The molecule has 0 heterocycles.